The molecule has 1 aromatic heterocycles. The number of rotatable bonds is 17. The third kappa shape index (κ3) is 13.5. The number of nitrogens with zero attached hydrogens (tertiary/aromatic N) is 1. The second-order valence-corrected chi connectivity index (χ2v) is 8.33. The van der Waals surface area contributed by atoms with E-state index in [9.17, 15) is 0 Å². The first kappa shape index (κ1) is 22.7. The molecule has 0 amide bonds. The Balaban J connectivity index is 1.75. The van der Waals surface area contributed by atoms with Crippen molar-refractivity contribution >= 4 is 15.9 Å². The maximum Gasteiger partial charge on any atom is 0.247 e. The van der Waals surface area contributed by atoms with Crippen LogP contribution in [0.3, 0.4) is 0 Å². The fourth-order valence-corrected chi connectivity index (χ4v) is 3.92. The van der Waals surface area contributed by atoms with Crippen molar-refractivity contribution in [1.82, 2.24) is 0 Å². The Kier molecular flexibility index (Phi) is 15.5. The van der Waals surface area contributed by atoms with Crippen molar-refractivity contribution < 1.29 is 4.57 Å². The fourth-order valence-electron chi connectivity index (χ4n) is 3.47. The van der Waals surface area contributed by atoms with E-state index in [0.717, 1.165) is 6.54 Å². The van der Waals surface area contributed by atoms with Crippen LogP contribution in [-0.4, -0.2) is 0 Å². The normalized spacial score (nSPS) is 11.1. The molecular weight excluding hydrogens is 370 g/mol. The average molecular weight is 411 g/mol. The summed E-state index contributed by atoms with van der Waals surface area (Å²) in [5.74, 6) is 0. The molecule has 0 aromatic carbocycles. The molecule has 0 N–H and O–H groups in total. The molecule has 1 rings (SSSR count). The highest BCUT2D eigenvalue weighted by molar-refractivity contribution is 9.10. The van der Waals surface area contributed by atoms with Gasteiger partial charge in [-0.3, -0.25) is 0 Å². The maximum absolute atomic E-state index is 3.61. The van der Waals surface area contributed by atoms with E-state index in [-0.39, 0.29) is 0 Å². The highest BCUT2D eigenvalue weighted by atomic mass is 79.9. The van der Waals surface area contributed by atoms with E-state index in [4.69, 9.17) is 0 Å². The van der Waals surface area contributed by atoms with Gasteiger partial charge in [0.05, 0.1) is 0 Å². The monoisotopic (exact) mass is 410 g/mol. The molecule has 2 heteroatoms. The summed E-state index contributed by atoms with van der Waals surface area (Å²) in [6.07, 6.45) is 25.1. The summed E-state index contributed by atoms with van der Waals surface area (Å²) >= 11 is 3.61. The SMILES string of the molecule is CCCCCCCCCCCCCCCCCC[n+]1ccccc1Br. The van der Waals surface area contributed by atoms with Crippen LogP contribution in [0.1, 0.15) is 110 Å². The van der Waals surface area contributed by atoms with Gasteiger partial charge >= 0.3 is 0 Å². The van der Waals surface area contributed by atoms with Crippen molar-refractivity contribution in [2.75, 3.05) is 0 Å². The molecule has 0 spiro atoms. The fraction of sp³-hybridized carbons (Fsp3) is 0.783. The van der Waals surface area contributed by atoms with Crippen LogP contribution in [0.5, 0.6) is 0 Å². The third-order valence-corrected chi connectivity index (χ3v) is 5.86. The molecule has 0 bridgehead atoms. The Morgan fingerprint density at radius 2 is 1.08 bits per heavy atom. The van der Waals surface area contributed by atoms with Crippen molar-refractivity contribution in [3.05, 3.63) is 29.0 Å². The second-order valence-electron chi connectivity index (χ2n) is 7.52. The molecule has 1 heterocycles. The minimum Gasteiger partial charge on any atom is -0.193 e. The standard InChI is InChI=1S/C23H41BrN/c1-2-3-4-5-6-7-8-9-10-11-12-13-14-15-16-18-21-25-22-19-17-20-23(25)24/h17,19-20,22H,2-16,18,21H2,1H3/q+1. The van der Waals surface area contributed by atoms with E-state index in [1.165, 1.54) is 107 Å². The van der Waals surface area contributed by atoms with Gasteiger partial charge in [-0.05, 0) is 12.5 Å². The maximum atomic E-state index is 3.61. The van der Waals surface area contributed by atoms with Crippen molar-refractivity contribution in [3.63, 3.8) is 0 Å². The Labute approximate surface area is 165 Å². The minimum absolute atomic E-state index is 1.14. The molecule has 25 heavy (non-hydrogen) atoms. The summed E-state index contributed by atoms with van der Waals surface area (Å²) in [4.78, 5) is 0. The van der Waals surface area contributed by atoms with E-state index < -0.39 is 0 Å². The summed E-state index contributed by atoms with van der Waals surface area (Å²) in [5.41, 5.74) is 0. The molecule has 1 aromatic rings. The summed E-state index contributed by atoms with van der Waals surface area (Å²) < 4.78 is 3.49. The first-order valence-electron chi connectivity index (χ1n) is 11.0. The van der Waals surface area contributed by atoms with Crippen molar-refractivity contribution in [1.29, 1.82) is 0 Å². The van der Waals surface area contributed by atoms with Crippen LogP contribution < -0.4 is 4.57 Å². The number of pyridine rings is 1. The molecule has 0 aliphatic rings. The van der Waals surface area contributed by atoms with Crippen LogP contribution in [0.25, 0.3) is 0 Å². The molecule has 144 valence electrons. The lowest BCUT2D eigenvalue weighted by atomic mass is 10.0. The molecule has 0 aliphatic heterocycles. The van der Waals surface area contributed by atoms with Crippen molar-refractivity contribution in [2.45, 2.75) is 116 Å². The molecule has 0 aliphatic carbocycles. The van der Waals surface area contributed by atoms with Gasteiger partial charge in [0.2, 0.25) is 4.60 Å². The first-order chi connectivity index (χ1) is 12.3. The number of unbranched alkanes of at least 4 members (excludes halogenated alkanes) is 15. The Morgan fingerprint density at radius 1 is 0.640 bits per heavy atom. The summed E-state index contributed by atoms with van der Waals surface area (Å²) in [7, 11) is 0. The van der Waals surface area contributed by atoms with Gasteiger partial charge in [-0.25, -0.2) is 0 Å². The number of halogens is 1. The summed E-state index contributed by atoms with van der Waals surface area (Å²) in [5, 5.41) is 0. The molecule has 0 unspecified atom stereocenters. The molecule has 0 saturated carbocycles. The molecular formula is C23H41BrN+. The molecule has 0 radical (unpaired) electrons. The van der Waals surface area contributed by atoms with E-state index in [1.807, 2.05) is 0 Å². The van der Waals surface area contributed by atoms with Crippen molar-refractivity contribution in [2.24, 2.45) is 0 Å². The minimum atomic E-state index is 1.14. The van der Waals surface area contributed by atoms with Gasteiger partial charge < -0.3 is 0 Å². The van der Waals surface area contributed by atoms with Crippen LogP contribution in [-0.2, 0) is 6.54 Å². The highest BCUT2D eigenvalue weighted by Gasteiger charge is 2.04. The number of hydrogen-bond acceptors (Lipinski definition) is 0. The van der Waals surface area contributed by atoms with Gasteiger partial charge in [0.15, 0.2) is 6.20 Å². The molecule has 0 saturated heterocycles. The van der Waals surface area contributed by atoms with Gasteiger partial charge in [-0.2, -0.15) is 4.57 Å². The van der Waals surface area contributed by atoms with E-state index in [2.05, 4.69) is 51.8 Å². The van der Waals surface area contributed by atoms with Gasteiger partial charge in [0, 0.05) is 34.5 Å². The molecule has 0 atom stereocenters. The van der Waals surface area contributed by atoms with Gasteiger partial charge in [-0.15, -0.1) is 0 Å². The Morgan fingerprint density at radius 3 is 1.52 bits per heavy atom. The second kappa shape index (κ2) is 17.1. The smallest absolute Gasteiger partial charge is 0.193 e. The summed E-state index contributed by atoms with van der Waals surface area (Å²) in [6.45, 7) is 3.43. The van der Waals surface area contributed by atoms with Crippen LogP contribution in [0.2, 0.25) is 0 Å². The van der Waals surface area contributed by atoms with Crippen LogP contribution >= 0.6 is 15.9 Å². The third-order valence-electron chi connectivity index (χ3n) is 5.14. The van der Waals surface area contributed by atoms with Crippen LogP contribution in [0.4, 0.5) is 0 Å². The van der Waals surface area contributed by atoms with Gasteiger partial charge in [0.25, 0.3) is 0 Å². The van der Waals surface area contributed by atoms with Crippen LogP contribution in [0.15, 0.2) is 29.0 Å². The van der Waals surface area contributed by atoms with E-state index >= 15 is 0 Å². The summed E-state index contributed by atoms with van der Waals surface area (Å²) in [6, 6.07) is 6.30. The Bertz CT molecular complexity index is 405. The topological polar surface area (TPSA) is 3.88 Å². The number of hydrogen-bond donors (Lipinski definition) is 0. The highest BCUT2D eigenvalue weighted by Crippen LogP contribution is 2.13. The van der Waals surface area contributed by atoms with Gasteiger partial charge in [-0.1, -0.05) is 96.8 Å². The molecule has 1 nitrogen and oxygen atoms in total. The van der Waals surface area contributed by atoms with E-state index in [0.29, 0.717) is 0 Å². The molecule has 0 fully saturated rings. The quantitative estimate of drug-likeness (QED) is 0.139. The zero-order valence-corrected chi connectivity index (χ0v) is 18.2. The zero-order valence-electron chi connectivity index (χ0n) is 16.7. The van der Waals surface area contributed by atoms with E-state index in [1.54, 1.807) is 0 Å². The largest absolute Gasteiger partial charge is 0.247 e. The van der Waals surface area contributed by atoms with Crippen LogP contribution in [0, 0.1) is 0 Å². The lowest BCUT2D eigenvalue weighted by molar-refractivity contribution is -0.708. The zero-order chi connectivity index (χ0) is 18.0. The van der Waals surface area contributed by atoms with Gasteiger partial charge in [0.1, 0.15) is 6.54 Å². The number of aromatic nitrogens is 1. The van der Waals surface area contributed by atoms with Crippen molar-refractivity contribution in [3.8, 4) is 0 Å². The average Bonchev–Trinajstić information content (AvgIpc) is 2.63. The number of aryl methyl sites for hydroxylation is 1. The predicted octanol–water partition coefficient (Wildman–Crippen LogP) is 8.00. The Hall–Kier alpha value is -0.370. The predicted molar refractivity (Wildman–Crippen MR) is 114 cm³/mol. The lowest BCUT2D eigenvalue weighted by Gasteiger charge is -2.03. The first-order valence-corrected chi connectivity index (χ1v) is 11.8. The lowest BCUT2D eigenvalue weighted by Crippen LogP contribution is -2.34.